The van der Waals surface area contributed by atoms with Gasteiger partial charge in [-0.25, -0.2) is 4.98 Å². The van der Waals surface area contributed by atoms with Crippen LogP contribution in [0.5, 0.6) is 6.01 Å². The van der Waals surface area contributed by atoms with Crippen LogP contribution >= 0.6 is 0 Å². The van der Waals surface area contributed by atoms with E-state index in [4.69, 9.17) is 9.84 Å². The SMILES string of the molecule is COc1nc(C)cc(NC2CC(C(=O)O)CC2O)n1. The minimum absolute atomic E-state index is 0.241. The van der Waals surface area contributed by atoms with Gasteiger partial charge < -0.3 is 20.3 Å². The van der Waals surface area contributed by atoms with E-state index in [1.165, 1.54) is 7.11 Å². The van der Waals surface area contributed by atoms with Crippen molar-refractivity contribution in [3.63, 3.8) is 0 Å². The number of carboxylic acids is 1. The summed E-state index contributed by atoms with van der Waals surface area (Å²) in [6, 6.07) is 1.65. The lowest BCUT2D eigenvalue weighted by molar-refractivity contribution is -0.141. The summed E-state index contributed by atoms with van der Waals surface area (Å²) in [5.41, 5.74) is 0.733. The van der Waals surface area contributed by atoms with Crippen LogP contribution < -0.4 is 10.1 Å². The molecule has 1 fully saturated rings. The van der Waals surface area contributed by atoms with Gasteiger partial charge in [-0.2, -0.15) is 4.98 Å². The standard InChI is InChI=1S/C12H17N3O4/c1-6-3-10(15-12(13-6)19-2)14-8-4-7(11(17)18)5-9(8)16/h3,7-9,16H,4-5H2,1-2H3,(H,17,18)(H,13,14,15). The molecule has 7 nitrogen and oxygen atoms in total. The van der Waals surface area contributed by atoms with Crippen LogP contribution in [0.2, 0.25) is 0 Å². The number of aliphatic carboxylic acids is 1. The molecule has 0 saturated heterocycles. The predicted molar refractivity (Wildman–Crippen MR) is 67.1 cm³/mol. The number of hydrogen-bond acceptors (Lipinski definition) is 6. The van der Waals surface area contributed by atoms with Gasteiger partial charge in [0.1, 0.15) is 5.82 Å². The summed E-state index contributed by atoms with van der Waals surface area (Å²) in [4.78, 5) is 19.1. The third-order valence-electron chi connectivity index (χ3n) is 3.23. The number of methoxy groups -OCH3 is 1. The van der Waals surface area contributed by atoms with Crippen LogP contribution in [0.4, 0.5) is 5.82 Å². The van der Waals surface area contributed by atoms with E-state index >= 15 is 0 Å². The number of carboxylic acid groups (broad SMARTS) is 1. The van der Waals surface area contributed by atoms with Gasteiger partial charge in [0.2, 0.25) is 0 Å². The number of hydrogen-bond donors (Lipinski definition) is 3. The fraction of sp³-hybridized carbons (Fsp3) is 0.583. The van der Waals surface area contributed by atoms with Crippen molar-refractivity contribution >= 4 is 11.8 Å². The molecule has 2 rings (SSSR count). The summed E-state index contributed by atoms with van der Waals surface area (Å²) in [6.45, 7) is 1.81. The highest BCUT2D eigenvalue weighted by Crippen LogP contribution is 2.28. The second-order valence-electron chi connectivity index (χ2n) is 4.71. The van der Waals surface area contributed by atoms with Gasteiger partial charge in [-0.1, -0.05) is 0 Å². The van der Waals surface area contributed by atoms with Gasteiger partial charge in [0.05, 0.1) is 25.2 Å². The molecule has 7 heteroatoms. The summed E-state index contributed by atoms with van der Waals surface area (Å²) in [5, 5.41) is 21.9. The van der Waals surface area contributed by atoms with E-state index in [-0.39, 0.29) is 18.5 Å². The first kappa shape index (κ1) is 13.5. The third-order valence-corrected chi connectivity index (χ3v) is 3.23. The summed E-state index contributed by atoms with van der Waals surface area (Å²) in [6.07, 6.45) is -0.0573. The van der Waals surface area contributed by atoms with Crippen LogP contribution in [-0.2, 0) is 4.79 Å². The maximum absolute atomic E-state index is 10.9. The molecule has 3 N–H and O–H groups in total. The predicted octanol–water partition coefficient (Wildman–Crippen LogP) is 0.430. The molecule has 1 aliphatic carbocycles. The zero-order valence-corrected chi connectivity index (χ0v) is 10.8. The molecule has 0 aromatic carbocycles. The fourth-order valence-electron chi connectivity index (χ4n) is 2.27. The number of nitrogens with one attached hydrogen (secondary N) is 1. The first-order chi connectivity index (χ1) is 8.99. The molecule has 0 radical (unpaired) electrons. The van der Waals surface area contributed by atoms with Gasteiger partial charge >= 0.3 is 12.0 Å². The number of aliphatic hydroxyl groups is 1. The van der Waals surface area contributed by atoms with Crippen molar-refractivity contribution in [2.45, 2.75) is 31.9 Å². The molecule has 0 spiro atoms. The van der Waals surface area contributed by atoms with E-state index in [0.29, 0.717) is 12.2 Å². The van der Waals surface area contributed by atoms with Gasteiger partial charge in [-0.05, 0) is 19.8 Å². The molecule has 1 saturated carbocycles. The molecule has 1 aliphatic rings. The van der Waals surface area contributed by atoms with Gasteiger partial charge in [0, 0.05) is 11.8 Å². The second kappa shape index (κ2) is 5.40. The minimum atomic E-state index is -0.875. The number of carbonyl (C=O) groups is 1. The molecule has 19 heavy (non-hydrogen) atoms. The Morgan fingerprint density at radius 3 is 2.79 bits per heavy atom. The largest absolute Gasteiger partial charge is 0.481 e. The Bertz CT molecular complexity index is 480. The van der Waals surface area contributed by atoms with Gasteiger partial charge in [-0.3, -0.25) is 4.79 Å². The number of aromatic nitrogens is 2. The lowest BCUT2D eigenvalue weighted by Crippen LogP contribution is -2.28. The molecule has 1 aromatic heterocycles. The van der Waals surface area contributed by atoms with Crippen molar-refractivity contribution in [1.29, 1.82) is 0 Å². The van der Waals surface area contributed by atoms with E-state index < -0.39 is 18.0 Å². The average Bonchev–Trinajstić information content (AvgIpc) is 2.70. The van der Waals surface area contributed by atoms with Gasteiger partial charge in [-0.15, -0.1) is 0 Å². The number of rotatable bonds is 4. The normalized spacial score (nSPS) is 26.2. The smallest absolute Gasteiger partial charge is 0.318 e. The zero-order chi connectivity index (χ0) is 14.0. The average molecular weight is 267 g/mol. The highest BCUT2D eigenvalue weighted by Gasteiger charge is 2.37. The van der Waals surface area contributed by atoms with Crippen LogP contribution in [0, 0.1) is 12.8 Å². The lowest BCUT2D eigenvalue weighted by Gasteiger charge is -2.17. The molecule has 1 heterocycles. The monoisotopic (exact) mass is 267 g/mol. The third kappa shape index (κ3) is 3.11. The summed E-state index contributed by atoms with van der Waals surface area (Å²) < 4.78 is 4.97. The maximum Gasteiger partial charge on any atom is 0.318 e. The van der Waals surface area contributed by atoms with Crippen LogP contribution in [0.3, 0.4) is 0 Å². The first-order valence-corrected chi connectivity index (χ1v) is 6.06. The Labute approximate surface area is 110 Å². The van der Waals surface area contributed by atoms with Crippen molar-refractivity contribution in [3.8, 4) is 6.01 Å². The van der Waals surface area contributed by atoms with Crippen molar-refractivity contribution in [1.82, 2.24) is 9.97 Å². The Kier molecular flexibility index (Phi) is 3.84. The molecular weight excluding hydrogens is 250 g/mol. The van der Waals surface area contributed by atoms with Crippen LogP contribution in [0.25, 0.3) is 0 Å². The Morgan fingerprint density at radius 2 is 2.21 bits per heavy atom. The topological polar surface area (TPSA) is 105 Å². The van der Waals surface area contributed by atoms with E-state index in [2.05, 4.69) is 15.3 Å². The van der Waals surface area contributed by atoms with E-state index in [1.807, 2.05) is 0 Å². The van der Waals surface area contributed by atoms with Crippen molar-refractivity contribution in [2.75, 3.05) is 12.4 Å². The van der Waals surface area contributed by atoms with Gasteiger partial charge in [0.15, 0.2) is 0 Å². The molecule has 1 aromatic rings. The first-order valence-electron chi connectivity index (χ1n) is 6.06. The molecule has 0 aliphatic heterocycles. The Hall–Kier alpha value is -1.89. The summed E-state index contributed by atoms with van der Waals surface area (Å²) in [7, 11) is 1.48. The molecule has 0 bridgehead atoms. The highest BCUT2D eigenvalue weighted by molar-refractivity contribution is 5.70. The van der Waals surface area contributed by atoms with Crippen LogP contribution in [0.1, 0.15) is 18.5 Å². The number of nitrogens with zero attached hydrogens (tertiary/aromatic N) is 2. The minimum Gasteiger partial charge on any atom is -0.481 e. The second-order valence-corrected chi connectivity index (χ2v) is 4.71. The van der Waals surface area contributed by atoms with Crippen molar-refractivity contribution < 1.29 is 19.7 Å². The van der Waals surface area contributed by atoms with Crippen LogP contribution in [-0.4, -0.2) is 45.4 Å². The van der Waals surface area contributed by atoms with Crippen molar-refractivity contribution in [3.05, 3.63) is 11.8 Å². The summed E-state index contributed by atoms with van der Waals surface area (Å²) in [5.74, 6) is -0.864. The van der Waals surface area contributed by atoms with Crippen molar-refractivity contribution in [2.24, 2.45) is 5.92 Å². The molecule has 104 valence electrons. The molecule has 3 atom stereocenters. The van der Waals surface area contributed by atoms with Crippen LogP contribution in [0.15, 0.2) is 6.07 Å². The number of aryl methyl sites for hydroxylation is 1. The highest BCUT2D eigenvalue weighted by atomic mass is 16.5. The Balaban J connectivity index is 2.09. The van der Waals surface area contributed by atoms with E-state index in [0.717, 1.165) is 5.69 Å². The maximum atomic E-state index is 10.9. The molecular formula is C12H17N3O4. The van der Waals surface area contributed by atoms with E-state index in [9.17, 15) is 9.90 Å². The number of ether oxygens (including phenoxy) is 1. The molecule has 0 amide bonds. The number of aliphatic hydroxyl groups excluding tert-OH is 1. The quantitative estimate of drug-likeness (QED) is 0.726. The van der Waals surface area contributed by atoms with E-state index in [1.54, 1.807) is 13.0 Å². The molecule has 3 unspecified atom stereocenters. The summed E-state index contributed by atoms with van der Waals surface area (Å²) >= 11 is 0. The fourth-order valence-corrected chi connectivity index (χ4v) is 2.27. The Morgan fingerprint density at radius 1 is 1.47 bits per heavy atom. The zero-order valence-electron chi connectivity index (χ0n) is 10.8. The van der Waals surface area contributed by atoms with Gasteiger partial charge in [0.25, 0.3) is 0 Å². The number of anilines is 1. The lowest BCUT2D eigenvalue weighted by atomic mass is 10.1.